The Morgan fingerprint density at radius 1 is 1.26 bits per heavy atom. The van der Waals surface area contributed by atoms with Crippen molar-refractivity contribution in [3.05, 3.63) is 82.7 Å². The maximum absolute atomic E-state index is 12.9. The molecular formula is C27H31ClN4O3. The van der Waals surface area contributed by atoms with Gasteiger partial charge in [-0.25, -0.2) is 4.99 Å². The van der Waals surface area contributed by atoms with E-state index in [1.54, 1.807) is 18.2 Å². The molecule has 4 rings (SSSR count). The number of carbonyl (C=O) groups is 1. The summed E-state index contributed by atoms with van der Waals surface area (Å²) in [4.78, 5) is 19.5. The Morgan fingerprint density at radius 3 is 2.71 bits per heavy atom. The van der Waals surface area contributed by atoms with Crippen molar-refractivity contribution in [2.75, 3.05) is 6.61 Å². The lowest BCUT2D eigenvalue weighted by Crippen LogP contribution is -2.37. The molecular weight excluding hydrogens is 464 g/mol. The van der Waals surface area contributed by atoms with Gasteiger partial charge in [0, 0.05) is 36.3 Å². The molecule has 2 aliphatic rings. The molecule has 2 aliphatic heterocycles. The number of aliphatic hydroxyl groups is 1. The largest absolute Gasteiger partial charge is 0.489 e. The predicted molar refractivity (Wildman–Crippen MR) is 139 cm³/mol. The van der Waals surface area contributed by atoms with Crippen molar-refractivity contribution >= 4 is 28.9 Å². The van der Waals surface area contributed by atoms with Gasteiger partial charge in [-0.3, -0.25) is 4.79 Å². The quantitative estimate of drug-likeness (QED) is 0.483. The van der Waals surface area contributed by atoms with Gasteiger partial charge in [0.2, 0.25) is 0 Å². The SMILES string of the molecule is CC1=NC2NC(c3ccc(C[C@@H](CCO)NC(=O)c4ccc(OC(C)C)c(Cl)c4)cc3)=CN2C=C1. The molecule has 184 valence electrons. The molecule has 0 spiro atoms. The number of carbonyl (C=O) groups excluding carboxylic acids is 1. The van der Waals surface area contributed by atoms with Crippen LogP contribution in [-0.2, 0) is 6.42 Å². The van der Waals surface area contributed by atoms with Crippen LogP contribution < -0.4 is 15.4 Å². The number of ether oxygens (including phenoxy) is 1. The molecule has 2 aromatic rings. The van der Waals surface area contributed by atoms with Crippen LogP contribution in [0.2, 0.25) is 5.02 Å². The van der Waals surface area contributed by atoms with Gasteiger partial charge in [0.25, 0.3) is 5.91 Å². The number of amides is 1. The molecule has 0 bridgehead atoms. The highest BCUT2D eigenvalue weighted by Crippen LogP contribution is 2.27. The van der Waals surface area contributed by atoms with E-state index in [-0.39, 0.29) is 30.9 Å². The van der Waals surface area contributed by atoms with Gasteiger partial charge in [0.05, 0.1) is 16.8 Å². The minimum atomic E-state index is -0.237. The van der Waals surface area contributed by atoms with Crippen molar-refractivity contribution in [3.63, 3.8) is 0 Å². The lowest BCUT2D eigenvalue weighted by Gasteiger charge is -2.21. The summed E-state index contributed by atoms with van der Waals surface area (Å²) in [5, 5.41) is 16.4. The van der Waals surface area contributed by atoms with Gasteiger partial charge in [0.15, 0.2) is 6.29 Å². The van der Waals surface area contributed by atoms with E-state index in [0.717, 1.165) is 22.5 Å². The van der Waals surface area contributed by atoms with Crippen molar-refractivity contribution in [2.24, 2.45) is 4.99 Å². The third-order valence-electron chi connectivity index (χ3n) is 5.78. The van der Waals surface area contributed by atoms with Crippen molar-refractivity contribution in [1.82, 2.24) is 15.5 Å². The summed E-state index contributed by atoms with van der Waals surface area (Å²) in [5.41, 5.74) is 4.57. The van der Waals surface area contributed by atoms with Gasteiger partial charge in [-0.15, -0.1) is 0 Å². The molecule has 0 aliphatic carbocycles. The second kappa shape index (κ2) is 11.0. The van der Waals surface area contributed by atoms with Gasteiger partial charge in [-0.05, 0) is 69.0 Å². The highest BCUT2D eigenvalue weighted by atomic mass is 35.5. The normalized spacial score (nSPS) is 17.4. The average molecular weight is 495 g/mol. The van der Waals surface area contributed by atoms with Crippen LogP contribution in [0.1, 0.15) is 48.7 Å². The molecule has 2 atom stereocenters. The first-order valence-corrected chi connectivity index (χ1v) is 12.2. The molecule has 0 fully saturated rings. The third-order valence-corrected chi connectivity index (χ3v) is 6.07. The van der Waals surface area contributed by atoms with Crippen LogP contribution in [0.25, 0.3) is 5.70 Å². The second-order valence-corrected chi connectivity index (χ2v) is 9.40. The van der Waals surface area contributed by atoms with Crippen LogP contribution in [0.3, 0.4) is 0 Å². The molecule has 2 heterocycles. The molecule has 8 heteroatoms. The molecule has 35 heavy (non-hydrogen) atoms. The van der Waals surface area contributed by atoms with E-state index in [0.29, 0.717) is 29.2 Å². The minimum Gasteiger partial charge on any atom is -0.489 e. The van der Waals surface area contributed by atoms with E-state index >= 15 is 0 Å². The number of hydrogen-bond donors (Lipinski definition) is 3. The van der Waals surface area contributed by atoms with Crippen molar-refractivity contribution in [1.29, 1.82) is 0 Å². The number of rotatable bonds is 9. The molecule has 0 radical (unpaired) electrons. The summed E-state index contributed by atoms with van der Waals surface area (Å²) in [7, 11) is 0. The number of halogens is 1. The van der Waals surface area contributed by atoms with Crippen molar-refractivity contribution < 1.29 is 14.6 Å². The fourth-order valence-electron chi connectivity index (χ4n) is 4.03. The lowest BCUT2D eigenvalue weighted by atomic mass is 10.0. The van der Waals surface area contributed by atoms with Crippen LogP contribution in [0, 0.1) is 0 Å². The highest BCUT2D eigenvalue weighted by Gasteiger charge is 2.24. The van der Waals surface area contributed by atoms with Crippen LogP contribution in [0.15, 0.2) is 65.9 Å². The summed E-state index contributed by atoms with van der Waals surface area (Å²) in [6.07, 6.45) is 6.98. The van der Waals surface area contributed by atoms with Crippen LogP contribution in [0.5, 0.6) is 5.75 Å². The summed E-state index contributed by atoms with van der Waals surface area (Å²) < 4.78 is 5.64. The summed E-state index contributed by atoms with van der Waals surface area (Å²) in [6.45, 7) is 5.80. The second-order valence-electron chi connectivity index (χ2n) is 8.99. The molecule has 0 saturated heterocycles. The monoisotopic (exact) mass is 494 g/mol. The Balaban J connectivity index is 1.39. The van der Waals surface area contributed by atoms with Crippen LogP contribution >= 0.6 is 11.6 Å². The maximum atomic E-state index is 12.9. The van der Waals surface area contributed by atoms with E-state index in [9.17, 15) is 9.90 Å². The first-order chi connectivity index (χ1) is 16.8. The zero-order valence-corrected chi connectivity index (χ0v) is 20.9. The van der Waals surface area contributed by atoms with E-state index in [2.05, 4.69) is 27.8 Å². The number of benzene rings is 2. The maximum Gasteiger partial charge on any atom is 0.251 e. The first-order valence-electron chi connectivity index (χ1n) is 11.8. The van der Waals surface area contributed by atoms with Gasteiger partial charge in [-0.2, -0.15) is 0 Å². The zero-order chi connectivity index (χ0) is 24.9. The fraction of sp³-hybridized carbons (Fsp3) is 0.333. The average Bonchev–Trinajstić information content (AvgIpc) is 3.24. The zero-order valence-electron chi connectivity index (χ0n) is 20.2. The minimum absolute atomic E-state index is 0.00979. The number of aliphatic imine (C=N–C) groups is 1. The Labute approximate surface area is 211 Å². The standard InChI is InChI=1S/C27H31ClN4O3/c1-17(2)35-25-9-8-21(15-23(25)28)26(34)30-22(11-13-33)14-19-4-6-20(7-5-19)24-16-32-12-10-18(3)29-27(32)31-24/h4-10,12,15-17,22,27,31,33H,11,13-14H2,1-3H3,(H,30,34)/t22-,27?/m1/s1. The third kappa shape index (κ3) is 6.24. The van der Waals surface area contributed by atoms with Gasteiger partial charge < -0.3 is 25.4 Å². The number of aliphatic hydroxyl groups excluding tert-OH is 1. The predicted octanol–water partition coefficient (Wildman–Crippen LogP) is 4.33. The molecule has 3 N–H and O–H groups in total. The number of hydrogen-bond acceptors (Lipinski definition) is 6. The summed E-state index contributed by atoms with van der Waals surface area (Å²) in [5.74, 6) is 0.310. The smallest absolute Gasteiger partial charge is 0.251 e. The molecule has 1 amide bonds. The molecule has 2 aromatic carbocycles. The Hall–Kier alpha value is -3.29. The van der Waals surface area contributed by atoms with Crippen molar-refractivity contribution in [2.45, 2.75) is 52.0 Å². The number of allylic oxidation sites excluding steroid dienone is 1. The Morgan fingerprint density at radius 2 is 2.03 bits per heavy atom. The number of nitrogens with zero attached hydrogens (tertiary/aromatic N) is 2. The summed E-state index contributed by atoms with van der Waals surface area (Å²) >= 11 is 6.29. The fourth-order valence-corrected chi connectivity index (χ4v) is 4.25. The molecule has 1 unspecified atom stereocenters. The van der Waals surface area contributed by atoms with E-state index in [4.69, 9.17) is 16.3 Å². The molecule has 7 nitrogen and oxygen atoms in total. The van der Waals surface area contributed by atoms with E-state index < -0.39 is 0 Å². The van der Waals surface area contributed by atoms with Crippen LogP contribution in [-0.4, -0.2) is 46.7 Å². The first kappa shape index (κ1) is 24.8. The Kier molecular flexibility index (Phi) is 7.78. The van der Waals surface area contributed by atoms with Crippen molar-refractivity contribution in [3.8, 4) is 5.75 Å². The van der Waals surface area contributed by atoms with Gasteiger partial charge in [0.1, 0.15) is 5.75 Å². The molecule has 0 saturated carbocycles. The number of nitrogens with one attached hydrogen (secondary N) is 2. The van der Waals surface area contributed by atoms with Crippen LogP contribution in [0.4, 0.5) is 0 Å². The summed E-state index contributed by atoms with van der Waals surface area (Å²) in [6, 6.07) is 13.0. The van der Waals surface area contributed by atoms with E-state index in [1.807, 2.05) is 56.3 Å². The van der Waals surface area contributed by atoms with Gasteiger partial charge >= 0.3 is 0 Å². The molecule has 0 aromatic heterocycles. The number of fused-ring (bicyclic) bond motifs is 1. The topological polar surface area (TPSA) is 86.2 Å². The lowest BCUT2D eigenvalue weighted by molar-refractivity contribution is 0.0930. The van der Waals surface area contributed by atoms with Gasteiger partial charge in [-0.1, -0.05) is 35.9 Å². The Bertz CT molecular complexity index is 1160. The highest BCUT2D eigenvalue weighted by molar-refractivity contribution is 6.32. The van der Waals surface area contributed by atoms with E-state index in [1.165, 1.54) is 0 Å².